The zero-order chi connectivity index (χ0) is 12.8. The summed E-state index contributed by atoms with van der Waals surface area (Å²) in [5.74, 6) is 1.30. The van der Waals surface area contributed by atoms with Crippen LogP contribution in [-0.4, -0.2) is 19.1 Å². The van der Waals surface area contributed by atoms with E-state index in [0.29, 0.717) is 17.1 Å². The van der Waals surface area contributed by atoms with Gasteiger partial charge in [0.1, 0.15) is 11.5 Å². The van der Waals surface area contributed by atoms with Crippen LogP contribution in [0.5, 0.6) is 11.5 Å². The highest BCUT2D eigenvalue weighted by Crippen LogP contribution is 2.30. The fourth-order valence-corrected chi connectivity index (χ4v) is 1.53. The standard InChI is InChI=1S/C12H15NO4/c1-4-9-7-12(17-3)10(5-6-13(14)15)8-11(9)16-2/h5-8H,4H2,1-3H3/b6-5+. The van der Waals surface area contributed by atoms with Crippen LogP contribution >= 0.6 is 0 Å². The number of hydrogen-bond donors (Lipinski definition) is 0. The second kappa shape index (κ2) is 5.89. The average Bonchev–Trinajstić information content (AvgIpc) is 2.34. The molecule has 17 heavy (non-hydrogen) atoms. The van der Waals surface area contributed by atoms with Gasteiger partial charge in [-0.25, -0.2) is 0 Å². The first-order valence-electron chi connectivity index (χ1n) is 5.19. The Balaban J connectivity index is 3.23. The second-order valence-corrected chi connectivity index (χ2v) is 3.36. The average molecular weight is 237 g/mol. The Morgan fingerprint density at radius 3 is 2.41 bits per heavy atom. The Bertz CT molecular complexity index is 440. The third-order valence-electron chi connectivity index (χ3n) is 2.39. The maximum Gasteiger partial charge on any atom is 0.235 e. The molecule has 0 saturated heterocycles. The third-order valence-corrected chi connectivity index (χ3v) is 2.39. The molecule has 0 aliphatic heterocycles. The van der Waals surface area contributed by atoms with Crippen molar-refractivity contribution in [2.45, 2.75) is 13.3 Å². The van der Waals surface area contributed by atoms with Gasteiger partial charge in [-0.3, -0.25) is 10.1 Å². The molecule has 1 rings (SSSR count). The van der Waals surface area contributed by atoms with Crippen LogP contribution in [0, 0.1) is 10.1 Å². The van der Waals surface area contributed by atoms with Gasteiger partial charge in [0.2, 0.25) is 6.20 Å². The molecule has 0 aliphatic rings. The van der Waals surface area contributed by atoms with E-state index in [2.05, 4.69) is 0 Å². The summed E-state index contributed by atoms with van der Waals surface area (Å²) < 4.78 is 10.4. The Morgan fingerprint density at radius 1 is 1.29 bits per heavy atom. The first kappa shape index (κ1) is 13.0. The first-order valence-corrected chi connectivity index (χ1v) is 5.19. The van der Waals surface area contributed by atoms with Gasteiger partial charge in [0.05, 0.1) is 19.1 Å². The van der Waals surface area contributed by atoms with E-state index in [9.17, 15) is 10.1 Å². The van der Waals surface area contributed by atoms with Crippen molar-refractivity contribution >= 4 is 6.08 Å². The minimum Gasteiger partial charge on any atom is -0.496 e. The van der Waals surface area contributed by atoms with Crippen LogP contribution in [0.4, 0.5) is 0 Å². The SMILES string of the molecule is CCc1cc(OC)c(/C=C/[N+](=O)[O-])cc1OC. The van der Waals surface area contributed by atoms with Crippen molar-refractivity contribution in [1.82, 2.24) is 0 Å². The Hall–Kier alpha value is -2.04. The molecule has 0 saturated carbocycles. The smallest absolute Gasteiger partial charge is 0.235 e. The molecule has 0 spiro atoms. The van der Waals surface area contributed by atoms with E-state index >= 15 is 0 Å². The van der Waals surface area contributed by atoms with Crippen molar-refractivity contribution in [2.24, 2.45) is 0 Å². The molecule has 92 valence electrons. The highest BCUT2D eigenvalue weighted by Gasteiger charge is 2.08. The van der Waals surface area contributed by atoms with Crippen LogP contribution in [0.3, 0.4) is 0 Å². The number of benzene rings is 1. The van der Waals surface area contributed by atoms with Gasteiger partial charge in [0.15, 0.2) is 0 Å². The molecule has 1 aromatic rings. The van der Waals surface area contributed by atoms with Crippen LogP contribution < -0.4 is 9.47 Å². The van der Waals surface area contributed by atoms with Crippen LogP contribution in [0.15, 0.2) is 18.3 Å². The predicted molar refractivity (Wildman–Crippen MR) is 65.0 cm³/mol. The van der Waals surface area contributed by atoms with Gasteiger partial charge >= 0.3 is 0 Å². The maximum atomic E-state index is 10.3. The minimum absolute atomic E-state index is 0.514. The van der Waals surface area contributed by atoms with Crippen molar-refractivity contribution in [1.29, 1.82) is 0 Å². The normalized spacial score (nSPS) is 10.5. The number of methoxy groups -OCH3 is 2. The van der Waals surface area contributed by atoms with Crippen molar-refractivity contribution in [3.63, 3.8) is 0 Å². The summed E-state index contributed by atoms with van der Waals surface area (Å²) in [5, 5.41) is 10.3. The molecule has 0 heterocycles. The quantitative estimate of drug-likeness (QED) is 0.583. The fourth-order valence-electron chi connectivity index (χ4n) is 1.53. The molecular weight excluding hydrogens is 222 g/mol. The lowest BCUT2D eigenvalue weighted by atomic mass is 10.1. The molecular formula is C12H15NO4. The van der Waals surface area contributed by atoms with Crippen molar-refractivity contribution in [3.05, 3.63) is 39.6 Å². The number of rotatable bonds is 5. The van der Waals surface area contributed by atoms with Crippen molar-refractivity contribution in [2.75, 3.05) is 14.2 Å². The zero-order valence-electron chi connectivity index (χ0n) is 10.1. The van der Waals surface area contributed by atoms with E-state index in [4.69, 9.17) is 9.47 Å². The number of nitro groups is 1. The summed E-state index contributed by atoms with van der Waals surface area (Å²) in [6.07, 6.45) is 3.07. The van der Waals surface area contributed by atoms with Crippen LogP contribution in [0.1, 0.15) is 18.1 Å². The molecule has 0 aromatic heterocycles. The second-order valence-electron chi connectivity index (χ2n) is 3.36. The van der Waals surface area contributed by atoms with Crippen LogP contribution in [0.2, 0.25) is 0 Å². The van der Waals surface area contributed by atoms with Gasteiger partial charge in [-0.1, -0.05) is 6.92 Å². The number of aryl methyl sites for hydroxylation is 1. The highest BCUT2D eigenvalue weighted by atomic mass is 16.6. The van der Waals surface area contributed by atoms with E-state index in [0.717, 1.165) is 18.2 Å². The fraction of sp³-hybridized carbons (Fsp3) is 0.333. The summed E-state index contributed by atoms with van der Waals surface area (Å²) in [6.45, 7) is 2.00. The summed E-state index contributed by atoms with van der Waals surface area (Å²) in [6, 6.07) is 3.57. The lowest BCUT2D eigenvalue weighted by Crippen LogP contribution is -1.95. The van der Waals surface area contributed by atoms with Gasteiger partial charge in [-0.15, -0.1) is 0 Å². The first-order chi connectivity index (χ1) is 8.12. The van der Waals surface area contributed by atoms with E-state index < -0.39 is 4.92 Å². The molecule has 0 bridgehead atoms. The van der Waals surface area contributed by atoms with Gasteiger partial charge in [-0.05, 0) is 24.1 Å². The molecule has 0 unspecified atom stereocenters. The Morgan fingerprint density at radius 2 is 1.94 bits per heavy atom. The van der Waals surface area contributed by atoms with Gasteiger partial charge < -0.3 is 9.47 Å². The monoisotopic (exact) mass is 237 g/mol. The Labute approximate surface area is 99.8 Å². The van der Waals surface area contributed by atoms with Crippen molar-refractivity contribution in [3.8, 4) is 11.5 Å². The number of nitrogens with zero attached hydrogens (tertiary/aromatic N) is 1. The molecule has 0 N–H and O–H groups in total. The largest absolute Gasteiger partial charge is 0.496 e. The minimum atomic E-state index is -0.514. The third kappa shape index (κ3) is 3.21. The molecule has 0 amide bonds. The van der Waals surface area contributed by atoms with E-state index in [1.54, 1.807) is 13.2 Å². The molecule has 5 nitrogen and oxygen atoms in total. The zero-order valence-corrected chi connectivity index (χ0v) is 10.1. The van der Waals surface area contributed by atoms with Gasteiger partial charge in [-0.2, -0.15) is 0 Å². The van der Waals surface area contributed by atoms with Crippen molar-refractivity contribution < 1.29 is 14.4 Å². The van der Waals surface area contributed by atoms with E-state index in [1.165, 1.54) is 13.2 Å². The summed E-state index contributed by atoms with van der Waals surface area (Å²) in [5.41, 5.74) is 1.63. The highest BCUT2D eigenvalue weighted by molar-refractivity contribution is 5.61. The van der Waals surface area contributed by atoms with E-state index in [-0.39, 0.29) is 0 Å². The maximum absolute atomic E-state index is 10.3. The summed E-state index contributed by atoms with van der Waals surface area (Å²) >= 11 is 0. The van der Waals surface area contributed by atoms with E-state index in [1.807, 2.05) is 13.0 Å². The van der Waals surface area contributed by atoms with Gasteiger partial charge in [0.25, 0.3) is 0 Å². The molecule has 0 fully saturated rings. The van der Waals surface area contributed by atoms with Crippen LogP contribution in [-0.2, 0) is 6.42 Å². The molecule has 0 atom stereocenters. The number of hydrogen-bond acceptors (Lipinski definition) is 4. The number of ether oxygens (including phenoxy) is 2. The molecule has 5 heteroatoms. The molecule has 1 aromatic carbocycles. The van der Waals surface area contributed by atoms with Gasteiger partial charge in [0, 0.05) is 11.6 Å². The summed E-state index contributed by atoms with van der Waals surface area (Å²) in [4.78, 5) is 9.78. The topological polar surface area (TPSA) is 61.6 Å². The Kier molecular flexibility index (Phi) is 4.51. The molecule has 0 aliphatic carbocycles. The van der Waals surface area contributed by atoms with Crippen LogP contribution in [0.25, 0.3) is 6.08 Å². The lowest BCUT2D eigenvalue weighted by molar-refractivity contribution is -0.400. The molecule has 0 radical (unpaired) electrons. The lowest BCUT2D eigenvalue weighted by Gasteiger charge is -2.11. The predicted octanol–water partition coefficient (Wildman–Crippen LogP) is 2.51. The summed E-state index contributed by atoms with van der Waals surface area (Å²) in [7, 11) is 3.10.